The molecule has 3 rings (SSSR count). The van der Waals surface area contributed by atoms with Gasteiger partial charge in [0.1, 0.15) is 17.7 Å². The molecule has 3 heterocycles. The number of H-pyrrole nitrogens is 1. The highest BCUT2D eigenvalue weighted by Crippen LogP contribution is 2.26. The van der Waals surface area contributed by atoms with E-state index in [2.05, 4.69) is 24.9 Å². The number of fused-ring (bicyclic) bond motifs is 1. The highest BCUT2D eigenvalue weighted by molar-refractivity contribution is 6.33. The van der Waals surface area contributed by atoms with E-state index in [1.165, 1.54) is 6.33 Å². The van der Waals surface area contributed by atoms with Gasteiger partial charge in [0.2, 0.25) is 0 Å². The molecule has 3 aromatic rings. The Bertz CT molecular complexity index is 692. The maximum Gasteiger partial charge on any atom is 0.183 e. The summed E-state index contributed by atoms with van der Waals surface area (Å²) < 4.78 is 0. The minimum atomic E-state index is 0.360. The number of aromatic nitrogens is 5. The number of nitrogen functional groups attached to an aromatic ring is 1. The van der Waals surface area contributed by atoms with Crippen LogP contribution >= 0.6 is 11.6 Å². The molecule has 0 unspecified atom stereocenters. The van der Waals surface area contributed by atoms with Gasteiger partial charge in [-0.1, -0.05) is 11.6 Å². The van der Waals surface area contributed by atoms with Crippen LogP contribution in [0.1, 0.15) is 0 Å². The fraction of sp³-hybridized carbons (Fsp3) is 0. The summed E-state index contributed by atoms with van der Waals surface area (Å²) in [5.74, 6) is 0.957. The lowest BCUT2D eigenvalue weighted by Gasteiger charge is -1.97. The van der Waals surface area contributed by atoms with Gasteiger partial charge in [0, 0.05) is 18.0 Å². The first-order chi connectivity index (χ1) is 8.25. The average molecular weight is 247 g/mol. The van der Waals surface area contributed by atoms with E-state index in [1.807, 2.05) is 0 Å². The van der Waals surface area contributed by atoms with Gasteiger partial charge in [-0.2, -0.15) is 0 Å². The van der Waals surface area contributed by atoms with Crippen LogP contribution in [0.25, 0.3) is 22.6 Å². The summed E-state index contributed by atoms with van der Waals surface area (Å²) in [6.07, 6.45) is 4.57. The van der Waals surface area contributed by atoms with Crippen LogP contribution in [-0.2, 0) is 0 Å². The van der Waals surface area contributed by atoms with Gasteiger partial charge < -0.3 is 10.7 Å². The standard InChI is InChI=1S/C10H7ClN6/c11-6-3-13-2-1-5(6)9-16-7-8(12)14-4-15-10(7)17-9/h1-4H,(H3,12,14,15,16,17). The highest BCUT2D eigenvalue weighted by Gasteiger charge is 2.11. The summed E-state index contributed by atoms with van der Waals surface area (Å²) >= 11 is 6.04. The second kappa shape index (κ2) is 3.67. The SMILES string of the molecule is Nc1ncnc2nc(-c3ccncc3Cl)[nH]c12. The zero-order valence-electron chi connectivity index (χ0n) is 8.55. The minimum Gasteiger partial charge on any atom is -0.382 e. The number of anilines is 1. The van der Waals surface area contributed by atoms with Crippen molar-refractivity contribution in [1.82, 2.24) is 24.9 Å². The summed E-state index contributed by atoms with van der Waals surface area (Å²) in [5, 5.41) is 0.512. The number of hydrogen-bond donors (Lipinski definition) is 2. The number of halogens is 1. The quantitative estimate of drug-likeness (QED) is 0.681. The monoisotopic (exact) mass is 246 g/mol. The number of nitrogens with zero attached hydrogens (tertiary/aromatic N) is 4. The smallest absolute Gasteiger partial charge is 0.183 e. The maximum absolute atomic E-state index is 6.04. The van der Waals surface area contributed by atoms with Crippen LogP contribution in [0.2, 0.25) is 5.02 Å². The topological polar surface area (TPSA) is 93.4 Å². The van der Waals surface area contributed by atoms with E-state index in [0.29, 0.717) is 27.8 Å². The van der Waals surface area contributed by atoms with Gasteiger partial charge in [0.15, 0.2) is 11.5 Å². The third kappa shape index (κ3) is 1.58. The van der Waals surface area contributed by atoms with Crippen molar-refractivity contribution in [3.05, 3.63) is 29.8 Å². The predicted octanol–water partition coefficient (Wildman–Crippen LogP) is 1.65. The fourth-order valence-electron chi connectivity index (χ4n) is 1.54. The van der Waals surface area contributed by atoms with Crippen LogP contribution in [0.3, 0.4) is 0 Å². The van der Waals surface area contributed by atoms with E-state index in [-0.39, 0.29) is 0 Å². The van der Waals surface area contributed by atoms with Gasteiger partial charge in [0.05, 0.1) is 5.02 Å². The van der Waals surface area contributed by atoms with Crippen molar-refractivity contribution in [3.63, 3.8) is 0 Å². The van der Waals surface area contributed by atoms with Crippen LogP contribution < -0.4 is 5.73 Å². The normalized spacial score (nSPS) is 10.9. The van der Waals surface area contributed by atoms with Crippen molar-refractivity contribution in [2.75, 3.05) is 5.73 Å². The first kappa shape index (κ1) is 9.98. The molecule has 0 aromatic carbocycles. The van der Waals surface area contributed by atoms with Crippen molar-refractivity contribution in [2.24, 2.45) is 0 Å². The molecule has 0 bridgehead atoms. The van der Waals surface area contributed by atoms with Crippen LogP contribution in [-0.4, -0.2) is 24.9 Å². The first-order valence-electron chi connectivity index (χ1n) is 4.82. The van der Waals surface area contributed by atoms with Gasteiger partial charge in [-0.25, -0.2) is 15.0 Å². The zero-order valence-corrected chi connectivity index (χ0v) is 9.31. The second-order valence-electron chi connectivity index (χ2n) is 3.40. The Kier molecular flexibility index (Phi) is 2.15. The molecule has 0 amide bonds. The molecule has 0 aliphatic heterocycles. The predicted molar refractivity (Wildman–Crippen MR) is 64.3 cm³/mol. The molecule has 0 fully saturated rings. The lowest BCUT2D eigenvalue weighted by molar-refractivity contribution is 1.21. The summed E-state index contributed by atoms with van der Waals surface area (Å²) in [4.78, 5) is 19.2. The van der Waals surface area contributed by atoms with Crippen LogP contribution in [0.4, 0.5) is 5.82 Å². The summed E-state index contributed by atoms with van der Waals surface area (Å²) in [6.45, 7) is 0. The Balaban J connectivity index is 2.26. The number of pyridine rings is 1. The molecule has 3 N–H and O–H groups in total. The number of hydrogen-bond acceptors (Lipinski definition) is 5. The molecule has 17 heavy (non-hydrogen) atoms. The van der Waals surface area contributed by atoms with Crippen LogP contribution in [0.5, 0.6) is 0 Å². The second-order valence-corrected chi connectivity index (χ2v) is 3.81. The largest absolute Gasteiger partial charge is 0.382 e. The Morgan fingerprint density at radius 3 is 2.94 bits per heavy atom. The summed E-state index contributed by atoms with van der Waals surface area (Å²) in [6, 6.07) is 1.77. The minimum absolute atomic E-state index is 0.360. The molecular formula is C10H7ClN6. The Labute approximate surface area is 101 Å². The third-order valence-corrected chi connectivity index (χ3v) is 2.65. The first-order valence-corrected chi connectivity index (χ1v) is 5.19. The fourth-order valence-corrected chi connectivity index (χ4v) is 1.75. The molecule has 7 heteroatoms. The number of nitrogens with two attached hydrogens (primary N) is 1. The highest BCUT2D eigenvalue weighted by atomic mass is 35.5. The number of nitrogens with one attached hydrogen (secondary N) is 1. The van der Waals surface area contributed by atoms with Gasteiger partial charge in [-0.05, 0) is 6.07 Å². The lowest BCUT2D eigenvalue weighted by Crippen LogP contribution is -1.91. The Morgan fingerprint density at radius 1 is 1.29 bits per heavy atom. The van der Waals surface area contributed by atoms with E-state index in [4.69, 9.17) is 17.3 Å². The van der Waals surface area contributed by atoms with Crippen molar-refractivity contribution in [1.29, 1.82) is 0 Å². The van der Waals surface area contributed by atoms with Crippen molar-refractivity contribution >= 4 is 28.6 Å². The molecule has 6 nitrogen and oxygen atoms in total. The van der Waals surface area contributed by atoms with Crippen molar-refractivity contribution in [2.45, 2.75) is 0 Å². The molecule has 0 atom stereocenters. The number of aromatic amines is 1. The van der Waals surface area contributed by atoms with Gasteiger partial charge in [-0.15, -0.1) is 0 Å². The molecule has 0 spiro atoms. The van der Waals surface area contributed by atoms with E-state index in [9.17, 15) is 0 Å². The number of imidazole rings is 1. The Hall–Kier alpha value is -2.21. The molecule has 3 aromatic heterocycles. The van der Waals surface area contributed by atoms with Crippen molar-refractivity contribution in [3.8, 4) is 11.4 Å². The molecule has 0 saturated heterocycles. The van der Waals surface area contributed by atoms with Crippen molar-refractivity contribution < 1.29 is 0 Å². The number of rotatable bonds is 1. The van der Waals surface area contributed by atoms with E-state index in [0.717, 1.165) is 5.56 Å². The van der Waals surface area contributed by atoms with E-state index >= 15 is 0 Å². The van der Waals surface area contributed by atoms with Crippen LogP contribution in [0, 0.1) is 0 Å². The molecule has 0 saturated carbocycles. The molecule has 84 valence electrons. The maximum atomic E-state index is 6.04. The molecule has 0 aliphatic rings. The van der Waals surface area contributed by atoms with E-state index in [1.54, 1.807) is 18.5 Å². The Morgan fingerprint density at radius 2 is 2.18 bits per heavy atom. The lowest BCUT2D eigenvalue weighted by atomic mass is 10.2. The average Bonchev–Trinajstić information content (AvgIpc) is 2.75. The molecular weight excluding hydrogens is 240 g/mol. The summed E-state index contributed by atoms with van der Waals surface area (Å²) in [7, 11) is 0. The van der Waals surface area contributed by atoms with E-state index < -0.39 is 0 Å². The van der Waals surface area contributed by atoms with Gasteiger partial charge in [-0.3, -0.25) is 4.98 Å². The van der Waals surface area contributed by atoms with Gasteiger partial charge >= 0.3 is 0 Å². The van der Waals surface area contributed by atoms with Gasteiger partial charge in [0.25, 0.3) is 0 Å². The third-order valence-electron chi connectivity index (χ3n) is 2.35. The van der Waals surface area contributed by atoms with Crippen LogP contribution in [0.15, 0.2) is 24.8 Å². The molecule has 0 radical (unpaired) electrons. The zero-order chi connectivity index (χ0) is 11.8. The summed E-state index contributed by atoms with van der Waals surface area (Å²) in [5.41, 5.74) is 7.59. The molecule has 0 aliphatic carbocycles.